The average molecular weight is 417 g/mol. The zero-order valence-electron chi connectivity index (χ0n) is 17.1. The molecule has 7 heteroatoms. The maximum Gasteiger partial charge on any atom is 0.261 e. The minimum Gasteiger partial charge on any atom is -0.496 e. The predicted octanol–water partition coefficient (Wildman–Crippen LogP) is 4.25. The van der Waals surface area contributed by atoms with Crippen LogP contribution in [0.4, 0.5) is 5.69 Å². The van der Waals surface area contributed by atoms with Gasteiger partial charge in [-0.15, -0.1) is 0 Å². The van der Waals surface area contributed by atoms with Gasteiger partial charge in [-0.1, -0.05) is 26.0 Å². The van der Waals surface area contributed by atoms with Crippen LogP contribution in [-0.2, 0) is 10.0 Å². The molecule has 6 nitrogen and oxygen atoms in total. The number of carbonyl (C=O) groups excluding carboxylic acids is 1. The topological polar surface area (TPSA) is 75.7 Å². The van der Waals surface area contributed by atoms with Gasteiger partial charge in [0, 0.05) is 18.8 Å². The van der Waals surface area contributed by atoms with Crippen LogP contribution in [0.5, 0.6) is 5.75 Å². The largest absolute Gasteiger partial charge is 0.496 e. The molecular weight excluding hydrogens is 388 g/mol. The second-order valence-corrected chi connectivity index (χ2v) is 9.28. The summed E-state index contributed by atoms with van der Waals surface area (Å²) in [4.78, 5) is 14.7. The molecule has 0 bridgehead atoms. The molecule has 1 aliphatic heterocycles. The number of benzene rings is 2. The molecule has 0 unspecified atom stereocenters. The molecule has 0 aromatic heterocycles. The first-order chi connectivity index (χ1) is 13.8. The van der Waals surface area contributed by atoms with Crippen LogP contribution in [0.25, 0.3) is 0 Å². The Morgan fingerprint density at radius 1 is 1.03 bits per heavy atom. The fourth-order valence-electron chi connectivity index (χ4n) is 3.44. The van der Waals surface area contributed by atoms with E-state index < -0.39 is 10.0 Å². The number of carbonyl (C=O) groups is 1. The minimum atomic E-state index is -3.83. The van der Waals surface area contributed by atoms with Crippen molar-refractivity contribution in [2.45, 2.75) is 43.9 Å². The van der Waals surface area contributed by atoms with Crippen molar-refractivity contribution in [3.8, 4) is 5.75 Å². The summed E-state index contributed by atoms with van der Waals surface area (Å²) < 4.78 is 33.7. The number of rotatable bonds is 6. The molecule has 29 heavy (non-hydrogen) atoms. The number of piperidine rings is 1. The fourth-order valence-corrected chi connectivity index (χ4v) is 4.52. The van der Waals surface area contributed by atoms with E-state index in [1.54, 1.807) is 17.0 Å². The lowest BCUT2D eigenvalue weighted by molar-refractivity contribution is 0.0720. The molecule has 156 valence electrons. The average Bonchev–Trinajstić information content (AvgIpc) is 2.73. The summed E-state index contributed by atoms with van der Waals surface area (Å²) in [5.74, 6) is 0.547. The smallest absolute Gasteiger partial charge is 0.261 e. The lowest BCUT2D eigenvalue weighted by Crippen LogP contribution is -2.35. The second kappa shape index (κ2) is 8.86. The monoisotopic (exact) mass is 416 g/mol. The highest BCUT2D eigenvalue weighted by atomic mass is 32.2. The summed E-state index contributed by atoms with van der Waals surface area (Å²) in [7, 11) is -2.36. The molecular formula is C22H28N2O4S. The van der Waals surface area contributed by atoms with E-state index in [2.05, 4.69) is 18.6 Å². The van der Waals surface area contributed by atoms with Crippen molar-refractivity contribution in [1.29, 1.82) is 0 Å². The van der Waals surface area contributed by atoms with Gasteiger partial charge in [0.25, 0.3) is 15.9 Å². The number of sulfonamides is 1. The molecule has 1 N–H and O–H groups in total. The molecule has 1 saturated heterocycles. The van der Waals surface area contributed by atoms with Crippen LogP contribution in [0.2, 0.25) is 0 Å². The number of nitrogens with zero attached hydrogens (tertiary/aromatic N) is 1. The van der Waals surface area contributed by atoms with Gasteiger partial charge in [0.05, 0.1) is 17.6 Å². The molecule has 0 spiro atoms. The summed E-state index contributed by atoms with van der Waals surface area (Å²) in [6.07, 6.45) is 3.02. The van der Waals surface area contributed by atoms with Crippen molar-refractivity contribution >= 4 is 21.6 Å². The van der Waals surface area contributed by atoms with Gasteiger partial charge in [0.2, 0.25) is 0 Å². The van der Waals surface area contributed by atoms with E-state index in [1.165, 1.54) is 25.3 Å². The maximum absolute atomic E-state index is 12.9. The second-order valence-electron chi connectivity index (χ2n) is 7.60. The molecule has 2 aromatic rings. The number of nitrogens with one attached hydrogen (secondary N) is 1. The van der Waals surface area contributed by atoms with Gasteiger partial charge in [0.1, 0.15) is 5.75 Å². The van der Waals surface area contributed by atoms with Gasteiger partial charge in [-0.2, -0.15) is 0 Å². The highest BCUT2D eigenvalue weighted by Gasteiger charge is 2.24. The molecule has 1 amide bonds. The third-order valence-electron chi connectivity index (χ3n) is 5.18. The van der Waals surface area contributed by atoms with E-state index in [0.29, 0.717) is 30.4 Å². The Hall–Kier alpha value is -2.54. The van der Waals surface area contributed by atoms with Gasteiger partial charge < -0.3 is 9.64 Å². The molecule has 0 saturated carbocycles. The van der Waals surface area contributed by atoms with Gasteiger partial charge in [-0.05, 0) is 61.1 Å². The maximum atomic E-state index is 12.9. The first-order valence-electron chi connectivity index (χ1n) is 9.92. The number of anilines is 1. The van der Waals surface area contributed by atoms with E-state index in [0.717, 1.165) is 24.8 Å². The van der Waals surface area contributed by atoms with Crippen LogP contribution < -0.4 is 9.46 Å². The normalized spacial score (nSPS) is 14.7. The van der Waals surface area contributed by atoms with Crippen molar-refractivity contribution in [3.05, 3.63) is 53.6 Å². The number of ether oxygens (including phenoxy) is 1. The standard InChI is InChI=1S/C22H28N2O4S/c1-16(2)17-7-9-18(10-8-17)23-29(26,27)19-11-12-21(28-3)20(15-19)22(25)24-13-5-4-6-14-24/h7-12,15-16,23H,4-6,13-14H2,1-3H3. The Balaban J connectivity index is 1.87. The van der Waals surface area contributed by atoms with Crippen molar-refractivity contribution in [2.24, 2.45) is 0 Å². The van der Waals surface area contributed by atoms with Crippen LogP contribution in [0, 0.1) is 0 Å². The third kappa shape index (κ3) is 4.90. The molecule has 0 aliphatic carbocycles. The highest BCUT2D eigenvalue weighted by molar-refractivity contribution is 7.92. The predicted molar refractivity (Wildman–Crippen MR) is 114 cm³/mol. The van der Waals surface area contributed by atoms with E-state index in [9.17, 15) is 13.2 Å². The van der Waals surface area contributed by atoms with Gasteiger partial charge in [0.15, 0.2) is 0 Å². The summed E-state index contributed by atoms with van der Waals surface area (Å²) in [6.45, 7) is 5.52. The number of likely N-dealkylation sites (tertiary alicyclic amines) is 1. The first kappa shape index (κ1) is 21.2. The highest BCUT2D eigenvalue weighted by Crippen LogP contribution is 2.27. The summed E-state index contributed by atoms with van der Waals surface area (Å²) >= 11 is 0. The van der Waals surface area contributed by atoms with Crippen LogP contribution in [0.3, 0.4) is 0 Å². The van der Waals surface area contributed by atoms with E-state index in [4.69, 9.17) is 4.74 Å². The number of hydrogen-bond donors (Lipinski definition) is 1. The molecule has 2 aromatic carbocycles. The van der Waals surface area contributed by atoms with Crippen molar-refractivity contribution in [1.82, 2.24) is 4.90 Å². The zero-order valence-corrected chi connectivity index (χ0v) is 18.0. The van der Waals surface area contributed by atoms with Gasteiger partial charge >= 0.3 is 0 Å². The lowest BCUT2D eigenvalue weighted by Gasteiger charge is -2.27. The Morgan fingerprint density at radius 3 is 2.28 bits per heavy atom. The van der Waals surface area contributed by atoms with Crippen LogP contribution in [0.15, 0.2) is 47.4 Å². The van der Waals surface area contributed by atoms with E-state index in [1.807, 2.05) is 12.1 Å². The summed E-state index contributed by atoms with van der Waals surface area (Å²) in [5, 5.41) is 0. The van der Waals surface area contributed by atoms with Gasteiger partial charge in [-0.3, -0.25) is 9.52 Å². The number of hydrogen-bond acceptors (Lipinski definition) is 4. The lowest BCUT2D eigenvalue weighted by atomic mass is 10.0. The molecule has 0 radical (unpaired) electrons. The summed E-state index contributed by atoms with van der Waals surface area (Å²) in [6, 6.07) is 11.7. The quantitative estimate of drug-likeness (QED) is 0.764. The minimum absolute atomic E-state index is 0.0339. The van der Waals surface area contributed by atoms with Crippen molar-refractivity contribution in [3.63, 3.8) is 0 Å². The number of amides is 1. The number of methoxy groups -OCH3 is 1. The van der Waals surface area contributed by atoms with Crippen LogP contribution in [0.1, 0.15) is 54.9 Å². The molecule has 1 heterocycles. The Kier molecular flexibility index (Phi) is 6.47. The molecule has 0 atom stereocenters. The zero-order chi connectivity index (χ0) is 21.0. The van der Waals surface area contributed by atoms with E-state index in [-0.39, 0.29) is 16.4 Å². The molecule has 1 fully saturated rings. The van der Waals surface area contributed by atoms with Crippen molar-refractivity contribution < 1.29 is 17.9 Å². The Morgan fingerprint density at radius 2 is 1.69 bits per heavy atom. The van der Waals surface area contributed by atoms with E-state index >= 15 is 0 Å². The van der Waals surface area contributed by atoms with Gasteiger partial charge in [-0.25, -0.2) is 8.42 Å². The molecule has 3 rings (SSSR count). The van der Waals surface area contributed by atoms with Crippen LogP contribution >= 0.6 is 0 Å². The Labute approximate surface area is 172 Å². The SMILES string of the molecule is COc1ccc(S(=O)(=O)Nc2ccc(C(C)C)cc2)cc1C(=O)N1CCCCC1. The van der Waals surface area contributed by atoms with Crippen molar-refractivity contribution in [2.75, 3.05) is 24.9 Å². The fraction of sp³-hybridized carbons (Fsp3) is 0.409. The third-order valence-corrected chi connectivity index (χ3v) is 6.56. The summed E-state index contributed by atoms with van der Waals surface area (Å²) in [5.41, 5.74) is 1.88. The Bertz CT molecular complexity index is 963. The first-order valence-corrected chi connectivity index (χ1v) is 11.4. The van der Waals surface area contributed by atoms with Crippen LogP contribution in [-0.4, -0.2) is 39.4 Å². The molecule has 1 aliphatic rings.